The van der Waals surface area contributed by atoms with Crippen molar-refractivity contribution in [2.75, 3.05) is 13.1 Å². The fraction of sp³-hybridized carbons (Fsp3) is 0.680. The van der Waals surface area contributed by atoms with Gasteiger partial charge in [-0.15, -0.1) is 0 Å². The van der Waals surface area contributed by atoms with Crippen molar-refractivity contribution in [3.8, 4) is 0 Å². The molecule has 2 rings (SSSR count). The smallest absolute Gasteiger partial charge is 0.227 e. The third-order valence-electron chi connectivity index (χ3n) is 5.92. The van der Waals surface area contributed by atoms with Crippen molar-refractivity contribution in [3.63, 3.8) is 0 Å². The number of hydrogen-bond donors (Lipinski definition) is 1. The Morgan fingerprint density at radius 2 is 1.69 bits per heavy atom. The zero-order valence-corrected chi connectivity index (χ0v) is 19.3. The number of rotatable bonds is 7. The van der Waals surface area contributed by atoms with E-state index in [2.05, 4.69) is 50.4 Å². The van der Waals surface area contributed by atoms with Crippen LogP contribution in [0.2, 0.25) is 0 Å². The van der Waals surface area contributed by atoms with Gasteiger partial charge in [-0.2, -0.15) is 0 Å². The highest BCUT2D eigenvalue weighted by molar-refractivity contribution is 5.83. The molecule has 0 aromatic heterocycles. The summed E-state index contributed by atoms with van der Waals surface area (Å²) in [4.78, 5) is 27.3. The van der Waals surface area contributed by atoms with Crippen LogP contribution in [-0.2, 0) is 16.0 Å². The molecule has 0 aliphatic carbocycles. The molecular formula is C25H40N2O2. The van der Waals surface area contributed by atoms with Crippen LogP contribution in [0.5, 0.6) is 0 Å². The number of nitrogens with one attached hydrogen (secondary N) is 1. The van der Waals surface area contributed by atoms with Crippen molar-refractivity contribution in [3.05, 3.63) is 35.4 Å². The minimum Gasteiger partial charge on any atom is -0.349 e. The molecular weight excluding hydrogens is 360 g/mol. The summed E-state index contributed by atoms with van der Waals surface area (Å²) in [6.07, 6.45) is 5.01. The maximum absolute atomic E-state index is 13.0. The number of hydrogen-bond acceptors (Lipinski definition) is 2. The van der Waals surface area contributed by atoms with Gasteiger partial charge in [-0.05, 0) is 42.7 Å². The highest BCUT2D eigenvalue weighted by Crippen LogP contribution is 2.27. The normalized spacial score (nSPS) is 16.7. The molecule has 1 aliphatic rings. The monoisotopic (exact) mass is 400 g/mol. The molecule has 0 bridgehead atoms. The van der Waals surface area contributed by atoms with Gasteiger partial charge in [0.2, 0.25) is 11.8 Å². The Hall–Kier alpha value is -1.84. The molecule has 1 fully saturated rings. The van der Waals surface area contributed by atoms with Gasteiger partial charge in [-0.3, -0.25) is 9.59 Å². The molecule has 1 aliphatic heterocycles. The maximum Gasteiger partial charge on any atom is 0.227 e. The van der Waals surface area contributed by atoms with Crippen LogP contribution in [0, 0.1) is 17.3 Å². The van der Waals surface area contributed by atoms with Crippen LogP contribution in [0.3, 0.4) is 0 Å². The first-order valence-electron chi connectivity index (χ1n) is 11.3. The van der Waals surface area contributed by atoms with Crippen LogP contribution in [0.25, 0.3) is 0 Å². The first kappa shape index (κ1) is 23.4. The van der Waals surface area contributed by atoms with E-state index in [0.29, 0.717) is 19.0 Å². The van der Waals surface area contributed by atoms with E-state index >= 15 is 0 Å². The van der Waals surface area contributed by atoms with E-state index in [1.165, 1.54) is 24.0 Å². The summed E-state index contributed by atoms with van der Waals surface area (Å²) in [6, 6.07) is 8.75. The lowest BCUT2D eigenvalue weighted by atomic mass is 9.89. The first-order chi connectivity index (χ1) is 13.6. The van der Waals surface area contributed by atoms with E-state index in [4.69, 9.17) is 0 Å². The van der Waals surface area contributed by atoms with Crippen molar-refractivity contribution in [2.45, 2.75) is 79.7 Å². The molecule has 4 heteroatoms. The van der Waals surface area contributed by atoms with Crippen molar-refractivity contribution in [1.29, 1.82) is 0 Å². The van der Waals surface area contributed by atoms with Crippen molar-refractivity contribution in [1.82, 2.24) is 10.2 Å². The second-order valence-electron chi connectivity index (χ2n) is 9.89. The van der Waals surface area contributed by atoms with E-state index in [1.54, 1.807) is 0 Å². The summed E-state index contributed by atoms with van der Waals surface area (Å²) in [6.45, 7) is 13.7. The molecule has 4 nitrogen and oxygen atoms in total. The lowest BCUT2D eigenvalue weighted by Gasteiger charge is -2.36. The zero-order chi connectivity index (χ0) is 21.6. The van der Waals surface area contributed by atoms with Crippen LogP contribution in [0.4, 0.5) is 0 Å². The number of aryl methyl sites for hydroxylation is 1. The predicted molar refractivity (Wildman–Crippen MR) is 120 cm³/mol. The molecule has 0 radical (unpaired) electrons. The standard InChI is InChI=1S/C25H40N2O2/c1-7-8-9-19-10-12-20(13-11-19)22(18(2)3)26-23(28)21-14-16-27(17-15-21)24(29)25(4,5)6/h10-13,18,21-22H,7-9,14-17H2,1-6H3,(H,26,28). The number of carbonyl (C=O) groups excluding carboxylic acids is 2. The molecule has 162 valence electrons. The van der Waals surface area contributed by atoms with Gasteiger partial charge in [0.15, 0.2) is 0 Å². The van der Waals surface area contributed by atoms with Crippen LogP contribution in [-0.4, -0.2) is 29.8 Å². The number of likely N-dealkylation sites (tertiary alicyclic amines) is 1. The number of benzene rings is 1. The highest BCUT2D eigenvalue weighted by Gasteiger charge is 2.33. The predicted octanol–water partition coefficient (Wildman–Crippen LogP) is 5.13. The Morgan fingerprint density at radius 3 is 2.17 bits per heavy atom. The molecule has 2 amide bonds. The Labute approximate surface area is 177 Å². The van der Waals surface area contributed by atoms with E-state index in [-0.39, 0.29) is 29.2 Å². The molecule has 29 heavy (non-hydrogen) atoms. The van der Waals surface area contributed by atoms with Crippen molar-refractivity contribution < 1.29 is 9.59 Å². The number of carbonyl (C=O) groups is 2. The van der Waals surface area contributed by atoms with E-state index in [0.717, 1.165) is 19.3 Å². The topological polar surface area (TPSA) is 49.4 Å². The van der Waals surface area contributed by atoms with Gasteiger partial charge in [-0.1, -0.05) is 72.2 Å². The van der Waals surface area contributed by atoms with Crippen LogP contribution in [0.1, 0.15) is 84.4 Å². The van der Waals surface area contributed by atoms with Gasteiger partial charge >= 0.3 is 0 Å². The molecule has 1 atom stereocenters. The van der Waals surface area contributed by atoms with E-state index in [9.17, 15) is 9.59 Å². The quantitative estimate of drug-likeness (QED) is 0.690. The highest BCUT2D eigenvalue weighted by atomic mass is 16.2. The van der Waals surface area contributed by atoms with Gasteiger partial charge in [0.1, 0.15) is 0 Å². The number of unbranched alkanes of at least 4 members (excludes halogenated alkanes) is 1. The molecule has 1 heterocycles. The SMILES string of the molecule is CCCCc1ccc(C(NC(=O)C2CCN(C(=O)C(C)(C)C)CC2)C(C)C)cc1. The average Bonchev–Trinajstić information content (AvgIpc) is 2.69. The maximum atomic E-state index is 13.0. The van der Waals surface area contributed by atoms with Crippen molar-refractivity contribution in [2.24, 2.45) is 17.3 Å². The lowest BCUT2D eigenvalue weighted by Crippen LogP contribution is -2.47. The number of piperidine rings is 1. The molecule has 0 saturated carbocycles. The van der Waals surface area contributed by atoms with Crippen LogP contribution < -0.4 is 5.32 Å². The van der Waals surface area contributed by atoms with Crippen LogP contribution in [0.15, 0.2) is 24.3 Å². The van der Waals surface area contributed by atoms with Gasteiger partial charge < -0.3 is 10.2 Å². The summed E-state index contributed by atoms with van der Waals surface area (Å²) in [5.74, 6) is 0.619. The van der Waals surface area contributed by atoms with Crippen molar-refractivity contribution >= 4 is 11.8 Å². The van der Waals surface area contributed by atoms with E-state index < -0.39 is 0 Å². The van der Waals surface area contributed by atoms with Gasteiger partial charge in [0, 0.05) is 24.4 Å². The number of amides is 2. The Kier molecular flexibility index (Phi) is 8.30. The zero-order valence-electron chi connectivity index (χ0n) is 19.3. The molecule has 1 saturated heterocycles. The molecule has 1 aromatic carbocycles. The Bertz CT molecular complexity index is 665. The van der Waals surface area contributed by atoms with E-state index in [1.807, 2.05) is 25.7 Å². The lowest BCUT2D eigenvalue weighted by molar-refractivity contribution is -0.142. The summed E-state index contributed by atoms with van der Waals surface area (Å²) in [5, 5.41) is 3.30. The minimum atomic E-state index is -0.360. The molecule has 1 aromatic rings. The molecule has 0 spiro atoms. The fourth-order valence-corrected chi connectivity index (χ4v) is 4.00. The minimum absolute atomic E-state index is 0.0101. The van der Waals surface area contributed by atoms with Gasteiger partial charge in [-0.25, -0.2) is 0 Å². The summed E-state index contributed by atoms with van der Waals surface area (Å²) >= 11 is 0. The first-order valence-corrected chi connectivity index (χ1v) is 11.3. The third-order valence-corrected chi connectivity index (χ3v) is 5.92. The Balaban J connectivity index is 1.96. The summed E-state index contributed by atoms with van der Waals surface area (Å²) in [7, 11) is 0. The second kappa shape index (κ2) is 10.3. The fourth-order valence-electron chi connectivity index (χ4n) is 4.00. The third kappa shape index (κ3) is 6.58. The second-order valence-corrected chi connectivity index (χ2v) is 9.89. The molecule has 1 N–H and O–H groups in total. The largest absolute Gasteiger partial charge is 0.349 e. The average molecular weight is 401 g/mol. The summed E-state index contributed by atoms with van der Waals surface area (Å²) in [5.41, 5.74) is 2.18. The Morgan fingerprint density at radius 1 is 1.10 bits per heavy atom. The van der Waals surface area contributed by atoms with Gasteiger partial charge in [0.05, 0.1) is 6.04 Å². The summed E-state index contributed by atoms with van der Waals surface area (Å²) < 4.78 is 0. The van der Waals surface area contributed by atoms with Crippen LogP contribution >= 0.6 is 0 Å². The number of nitrogens with zero attached hydrogens (tertiary/aromatic N) is 1. The molecule has 1 unspecified atom stereocenters. The van der Waals surface area contributed by atoms with Gasteiger partial charge in [0.25, 0.3) is 0 Å².